The quantitative estimate of drug-likeness (QED) is 0.540. The maximum atomic E-state index is 11.0. The van der Waals surface area contributed by atoms with Crippen LogP contribution in [0.15, 0.2) is 18.3 Å². The number of carbonyl (C=O) groups excluding carboxylic acids is 1. The highest BCUT2D eigenvalue weighted by Crippen LogP contribution is 2.10. The van der Waals surface area contributed by atoms with Gasteiger partial charge in [0.15, 0.2) is 0 Å². The summed E-state index contributed by atoms with van der Waals surface area (Å²) >= 11 is 0. The van der Waals surface area contributed by atoms with E-state index in [1.807, 2.05) is 13.0 Å². The summed E-state index contributed by atoms with van der Waals surface area (Å²) in [4.78, 5) is 15.1. The predicted molar refractivity (Wildman–Crippen MR) is 71.3 cm³/mol. The summed E-state index contributed by atoms with van der Waals surface area (Å²) in [6.07, 6.45) is 1.69. The highest BCUT2D eigenvalue weighted by molar-refractivity contribution is 5.70. The molecule has 1 aromatic heterocycles. The second-order valence-corrected chi connectivity index (χ2v) is 3.60. The van der Waals surface area contributed by atoms with Gasteiger partial charge in [-0.05, 0) is 19.9 Å². The van der Waals surface area contributed by atoms with Gasteiger partial charge in [0.1, 0.15) is 6.61 Å². The van der Waals surface area contributed by atoms with E-state index >= 15 is 0 Å². The number of ether oxygens (including phenoxy) is 3. The Labute approximate surface area is 113 Å². The Bertz CT molecular complexity index is 367. The zero-order chi connectivity index (χ0) is 13.9. The fourth-order valence-corrected chi connectivity index (χ4v) is 1.34. The lowest BCUT2D eigenvalue weighted by molar-refractivity contribution is -0.148. The molecule has 0 spiro atoms. The van der Waals surface area contributed by atoms with Crippen LogP contribution in [0, 0.1) is 0 Å². The van der Waals surface area contributed by atoms with E-state index in [9.17, 15) is 4.79 Å². The number of nitrogens with zero attached hydrogens (tertiary/aromatic N) is 1. The minimum Gasteiger partial charge on any atom is -0.478 e. The van der Waals surface area contributed by atoms with Crippen LogP contribution < -0.4 is 10.1 Å². The first-order valence-electron chi connectivity index (χ1n) is 6.32. The van der Waals surface area contributed by atoms with Gasteiger partial charge in [-0.1, -0.05) is 0 Å². The van der Waals surface area contributed by atoms with E-state index in [1.54, 1.807) is 19.2 Å². The van der Waals surface area contributed by atoms with Crippen LogP contribution >= 0.6 is 0 Å². The molecule has 0 aliphatic rings. The fourth-order valence-electron chi connectivity index (χ4n) is 1.34. The van der Waals surface area contributed by atoms with Crippen LogP contribution in [0.3, 0.4) is 0 Å². The molecule has 6 nitrogen and oxygen atoms in total. The summed E-state index contributed by atoms with van der Waals surface area (Å²) in [6.45, 7) is 5.64. The zero-order valence-electron chi connectivity index (χ0n) is 11.3. The van der Waals surface area contributed by atoms with E-state index in [2.05, 4.69) is 10.3 Å². The van der Waals surface area contributed by atoms with Crippen molar-refractivity contribution in [3.63, 3.8) is 0 Å². The van der Waals surface area contributed by atoms with Gasteiger partial charge < -0.3 is 19.5 Å². The number of rotatable bonds is 9. The summed E-state index contributed by atoms with van der Waals surface area (Å²) in [5.41, 5.74) is 0.878. The third-order valence-corrected chi connectivity index (χ3v) is 2.13. The monoisotopic (exact) mass is 268 g/mol. The molecule has 19 heavy (non-hydrogen) atoms. The third kappa shape index (κ3) is 6.61. The molecule has 0 aliphatic heterocycles. The first-order valence-corrected chi connectivity index (χ1v) is 6.32. The van der Waals surface area contributed by atoms with Crippen LogP contribution in [0.5, 0.6) is 5.88 Å². The van der Waals surface area contributed by atoms with Gasteiger partial charge in [0.2, 0.25) is 5.88 Å². The molecule has 0 saturated heterocycles. The summed E-state index contributed by atoms with van der Waals surface area (Å²) < 4.78 is 15.1. The summed E-state index contributed by atoms with van der Waals surface area (Å²) in [5.74, 6) is 0.261. The highest BCUT2D eigenvalue weighted by atomic mass is 16.6. The molecule has 0 aliphatic carbocycles. The van der Waals surface area contributed by atoms with E-state index in [1.165, 1.54) is 0 Å². The van der Waals surface area contributed by atoms with E-state index < -0.39 is 0 Å². The lowest BCUT2D eigenvalue weighted by Crippen LogP contribution is -2.16. The van der Waals surface area contributed by atoms with Gasteiger partial charge in [-0.25, -0.2) is 9.78 Å². The molecule has 1 rings (SSSR count). The molecule has 0 saturated carbocycles. The molecule has 1 heterocycles. The number of hydrogen-bond acceptors (Lipinski definition) is 6. The average molecular weight is 268 g/mol. The number of esters is 1. The normalized spacial score (nSPS) is 10.0. The lowest BCUT2D eigenvalue weighted by atomic mass is 10.4. The van der Waals surface area contributed by atoms with Gasteiger partial charge >= 0.3 is 5.97 Å². The van der Waals surface area contributed by atoms with Gasteiger partial charge in [0.05, 0.1) is 31.7 Å². The van der Waals surface area contributed by atoms with Crippen molar-refractivity contribution in [2.45, 2.75) is 13.8 Å². The summed E-state index contributed by atoms with van der Waals surface area (Å²) in [7, 11) is 0. The molecule has 0 atom stereocenters. The third-order valence-electron chi connectivity index (χ3n) is 2.13. The summed E-state index contributed by atoms with van der Waals surface area (Å²) in [6, 6.07) is 3.68. The molecular formula is C13H20N2O4. The standard InChI is InChI=1S/C13H20N2O4/c1-3-18-12-6-5-11(9-15-12)14-7-8-17-10-13(16)19-4-2/h5-6,9,14H,3-4,7-8,10H2,1-2H3. The first-order chi connectivity index (χ1) is 9.26. The Balaban J connectivity index is 2.13. The van der Waals surface area contributed by atoms with E-state index in [-0.39, 0.29) is 12.6 Å². The van der Waals surface area contributed by atoms with Crippen LogP contribution in [0.1, 0.15) is 13.8 Å². The van der Waals surface area contributed by atoms with Crippen molar-refractivity contribution in [2.75, 3.05) is 38.3 Å². The van der Waals surface area contributed by atoms with E-state index in [4.69, 9.17) is 14.2 Å². The number of carbonyl (C=O) groups is 1. The van der Waals surface area contributed by atoms with Gasteiger partial charge in [-0.15, -0.1) is 0 Å². The molecule has 0 radical (unpaired) electrons. The van der Waals surface area contributed by atoms with Crippen molar-refractivity contribution in [2.24, 2.45) is 0 Å². The van der Waals surface area contributed by atoms with Crippen molar-refractivity contribution in [1.29, 1.82) is 0 Å². The topological polar surface area (TPSA) is 69.7 Å². The maximum absolute atomic E-state index is 11.0. The Morgan fingerprint density at radius 3 is 2.79 bits per heavy atom. The van der Waals surface area contributed by atoms with Crippen molar-refractivity contribution >= 4 is 11.7 Å². The molecule has 0 unspecified atom stereocenters. The second-order valence-electron chi connectivity index (χ2n) is 3.60. The van der Waals surface area contributed by atoms with E-state index in [0.29, 0.717) is 32.2 Å². The van der Waals surface area contributed by atoms with Gasteiger partial charge in [0.25, 0.3) is 0 Å². The smallest absolute Gasteiger partial charge is 0.332 e. The summed E-state index contributed by atoms with van der Waals surface area (Å²) in [5, 5.41) is 3.12. The number of aromatic nitrogens is 1. The molecule has 0 fully saturated rings. The molecule has 0 bridgehead atoms. The molecular weight excluding hydrogens is 248 g/mol. The minimum atomic E-state index is -0.342. The Morgan fingerprint density at radius 2 is 2.16 bits per heavy atom. The van der Waals surface area contributed by atoms with Crippen molar-refractivity contribution < 1.29 is 19.0 Å². The Morgan fingerprint density at radius 1 is 1.32 bits per heavy atom. The highest BCUT2D eigenvalue weighted by Gasteiger charge is 2.00. The van der Waals surface area contributed by atoms with E-state index in [0.717, 1.165) is 5.69 Å². The lowest BCUT2D eigenvalue weighted by Gasteiger charge is -2.07. The molecule has 106 valence electrons. The molecule has 0 amide bonds. The number of hydrogen-bond donors (Lipinski definition) is 1. The van der Waals surface area contributed by atoms with Crippen molar-refractivity contribution in [1.82, 2.24) is 4.98 Å². The maximum Gasteiger partial charge on any atom is 0.332 e. The minimum absolute atomic E-state index is 0.0168. The largest absolute Gasteiger partial charge is 0.478 e. The van der Waals surface area contributed by atoms with Crippen molar-refractivity contribution in [3.8, 4) is 5.88 Å². The number of anilines is 1. The average Bonchev–Trinajstić information content (AvgIpc) is 2.41. The Kier molecular flexibility index (Phi) is 7.34. The van der Waals surface area contributed by atoms with Crippen LogP contribution in [0.25, 0.3) is 0 Å². The predicted octanol–water partition coefficient (Wildman–Crippen LogP) is 1.47. The number of nitrogens with one attached hydrogen (secondary N) is 1. The Hall–Kier alpha value is -1.82. The molecule has 1 aromatic rings. The SMILES string of the molecule is CCOC(=O)COCCNc1ccc(OCC)nc1. The van der Waals surface area contributed by atoms with Gasteiger partial charge in [-0.3, -0.25) is 0 Å². The molecule has 0 aromatic carbocycles. The zero-order valence-corrected chi connectivity index (χ0v) is 11.3. The van der Waals surface area contributed by atoms with Gasteiger partial charge in [-0.2, -0.15) is 0 Å². The van der Waals surface area contributed by atoms with Crippen LogP contribution in [0.2, 0.25) is 0 Å². The fraction of sp³-hybridized carbons (Fsp3) is 0.538. The van der Waals surface area contributed by atoms with Crippen LogP contribution in [-0.2, 0) is 14.3 Å². The number of pyridine rings is 1. The van der Waals surface area contributed by atoms with Crippen LogP contribution in [-0.4, -0.2) is 43.9 Å². The molecule has 6 heteroatoms. The van der Waals surface area contributed by atoms with Crippen molar-refractivity contribution in [3.05, 3.63) is 18.3 Å². The molecule has 1 N–H and O–H groups in total. The van der Waals surface area contributed by atoms with Gasteiger partial charge in [0, 0.05) is 12.6 Å². The second kappa shape index (κ2) is 9.16. The van der Waals surface area contributed by atoms with Crippen LogP contribution in [0.4, 0.5) is 5.69 Å². The first kappa shape index (κ1) is 15.2.